The van der Waals surface area contributed by atoms with Gasteiger partial charge in [-0.3, -0.25) is 4.57 Å². The predicted octanol–water partition coefficient (Wildman–Crippen LogP) is 3.58. The molecule has 0 aliphatic rings. The van der Waals surface area contributed by atoms with Crippen LogP contribution in [0.4, 0.5) is 5.82 Å². The molecule has 2 heterocycles. The third-order valence-corrected chi connectivity index (χ3v) is 3.80. The van der Waals surface area contributed by atoms with Gasteiger partial charge in [-0.05, 0) is 37.1 Å². The molecule has 0 atom stereocenters. The highest BCUT2D eigenvalue weighted by molar-refractivity contribution is 6.30. The second kappa shape index (κ2) is 6.77. The standard InChI is InChI=1S/C17H16ClN5O/c1-3-4-5-8-23-16-14(15(19)20-10-21-16)22-17(23)24-13-7-6-12(18)9-11(13)2/h1,6-7,9-10H,4-5,8H2,2H3,(H2,19,20,21). The van der Waals surface area contributed by atoms with Gasteiger partial charge >= 0.3 is 6.01 Å². The molecular formula is C17H16ClN5O. The summed E-state index contributed by atoms with van der Waals surface area (Å²) in [6, 6.07) is 5.80. The van der Waals surface area contributed by atoms with E-state index in [-0.39, 0.29) is 0 Å². The van der Waals surface area contributed by atoms with Crippen molar-refractivity contribution in [1.82, 2.24) is 19.5 Å². The first-order chi connectivity index (χ1) is 11.6. The normalized spacial score (nSPS) is 10.7. The molecule has 2 N–H and O–H groups in total. The summed E-state index contributed by atoms with van der Waals surface area (Å²) in [5.74, 6) is 3.61. The molecule has 0 saturated carbocycles. The van der Waals surface area contributed by atoms with E-state index in [4.69, 9.17) is 28.5 Å². The van der Waals surface area contributed by atoms with Gasteiger partial charge in [-0.15, -0.1) is 12.3 Å². The lowest BCUT2D eigenvalue weighted by atomic mass is 10.2. The van der Waals surface area contributed by atoms with Gasteiger partial charge in [0, 0.05) is 18.0 Å². The first-order valence-electron chi connectivity index (χ1n) is 7.44. The van der Waals surface area contributed by atoms with Gasteiger partial charge in [0.25, 0.3) is 0 Å². The number of imidazole rings is 1. The van der Waals surface area contributed by atoms with Crippen LogP contribution in [0.1, 0.15) is 18.4 Å². The monoisotopic (exact) mass is 341 g/mol. The number of ether oxygens (including phenoxy) is 1. The zero-order valence-corrected chi connectivity index (χ0v) is 13.9. The number of nitrogens with two attached hydrogens (primary N) is 1. The van der Waals surface area contributed by atoms with Gasteiger partial charge in [0.15, 0.2) is 17.0 Å². The second-order valence-electron chi connectivity index (χ2n) is 5.30. The number of anilines is 1. The first-order valence-corrected chi connectivity index (χ1v) is 7.82. The van der Waals surface area contributed by atoms with Gasteiger partial charge in [-0.2, -0.15) is 4.98 Å². The molecule has 0 saturated heterocycles. The number of nitrogens with zero attached hydrogens (tertiary/aromatic N) is 4. The van der Waals surface area contributed by atoms with E-state index in [1.165, 1.54) is 6.33 Å². The second-order valence-corrected chi connectivity index (χ2v) is 5.73. The van der Waals surface area contributed by atoms with Crippen LogP contribution in [0.25, 0.3) is 11.2 Å². The van der Waals surface area contributed by atoms with Gasteiger partial charge in [0.2, 0.25) is 0 Å². The molecular weight excluding hydrogens is 326 g/mol. The fraction of sp³-hybridized carbons (Fsp3) is 0.235. The van der Waals surface area contributed by atoms with Crippen LogP contribution in [0.15, 0.2) is 24.5 Å². The highest BCUT2D eigenvalue weighted by Gasteiger charge is 2.17. The Bertz CT molecular complexity index is 929. The van der Waals surface area contributed by atoms with Gasteiger partial charge in [0.05, 0.1) is 0 Å². The number of fused-ring (bicyclic) bond motifs is 1. The lowest BCUT2D eigenvalue weighted by molar-refractivity contribution is 0.409. The molecule has 3 aromatic rings. The summed E-state index contributed by atoms with van der Waals surface area (Å²) in [4.78, 5) is 12.7. The van der Waals surface area contributed by atoms with Crippen molar-refractivity contribution in [1.29, 1.82) is 0 Å². The number of halogens is 1. The van der Waals surface area contributed by atoms with Crippen LogP contribution < -0.4 is 10.5 Å². The number of rotatable bonds is 5. The summed E-state index contributed by atoms with van der Waals surface area (Å²) >= 11 is 5.99. The molecule has 2 aromatic heterocycles. The van der Waals surface area contributed by atoms with Crippen LogP contribution in [0.2, 0.25) is 5.02 Å². The molecule has 7 heteroatoms. The maximum absolute atomic E-state index is 5.99. The molecule has 0 unspecified atom stereocenters. The Morgan fingerprint density at radius 1 is 1.38 bits per heavy atom. The van der Waals surface area contributed by atoms with Crippen molar-refractivity contribution in [2.45, 2.75) is 26.3 Å². The summed E-state index contributed by atoms with van der Waals surface area (Å²) in [5.41, 5.74) is 7.95. The number of terminal acetylenes is 1. The average Bonchev–Trinajstić information content (AvgIpc) is 2.90. The number of nitrogen functional groups attached to an aromatic ring is 1. The van der Waals surface area contributed by atoms with Crippen molar-refractivity contribution in [2.75, 3.05) is 5.73 Å². The van der Waals surface area contributed by atoms with Crippen LogP contribution in [-0.4, -0.2) is 19.5 Å². The minimum atomic E-state index is 0.313. The van der Waals surface area contributed by atoms with Gasteiger partial charge in [-0.25, -0.2) is 9.97 Å². The molecule has 0 spiro atoms. The minimum Gasteiger partial charge on any atom is -0.425 e. The predicted molar refractivity (Wildman–Crippen MR) is 94.1 cm³/mol. The molecule has 24 heavy (non-hydrogen) atoms. The number of benzene rings is 1. The van der Waals surface area contributed by atoms with Gasteiger partial charge < -0.3 is 10.5 Å². The molecule has 0 radical (unpaired) electrons. The van der Waals surface area contributed by atoms with E-state index in [1.54, 1.807) is 12.1 Å². The molecule has 3 rings (SSSR count). The molecule has 0 aliphatic carbocycles. The number of hydrogen-bond donors (Lipinski definition) is 1. The largest absolute Gasteiger partial charge is 0.425 e. The van der Waals surface area contributed by atoms with E-state index in [2.05, 4.69) is 20.9 Å². The van der Waals surface area contributed by atoms with Crippen LogP contribution >= 0.6 is 11.6 Å². The van der Waals surface area contributed by atoms with Crippen molar-refractivity contribution in [3.05, 3.63) is 35.1 Å². The maximum Gasteiger partial charge on any atom is 0.304 e. The summed E-state index contributed by atoms with van der Waals surface area (Å²) < 4.78 is 7.84. The number of hydrogen-bond acceptors (Lipinski definition) is 5. The Morgan fingerprint density at radius 2 is 2.21 bits per heavy atom. The summed E-state index contributed by atoms with van der Waals surface area (Å²) in [6.07, 6.45) is 8.18. The summed E-state index contributed by atoms with van der Waals surface area (Å²) in [6.45, 7) is 2.54. The SMILES string of the molecule is C#CCCCn1c(Oc2ccc(Cl)cc2C)nc2c(N)ncnc21. The van der Waals surface area contributed by atoms with Crippen LogP contribution in [0, 0.1) is 19.3 Å². The van der Waals surface area contributed by atoms with E-state index < -0.39 is 0 Å². The van der Waals surface area contributed by atoms with Crippen molar-refractivity contribution in [2.24, 2.45) is 0 Å². The zero-order valence-electron chi connectivity index (χ0n) is 13.2. The van der Waals surface area contributed by atoms with E-state index in [1.807, 2.05) is 17.6 Å². The van der Waals surface area contributed by atoms with Crippen molar-refractivity contribution in [3.8, 4) is 24.1 Å². The van der Waals surface area contributed by atoms with Crippen LogP contribution in [0.3, 0.4) is 0 Å². The first kappa shape index (κ1) is 16.1. The van der Waals surface area contributed by atoms with E-state index in [9.17, 15) is 0 Å². The number of aryl methyl sites for hydroxylation is 2. The fourth-order valence-corrected chi connectivity index (χ4v) is 2.61. The van der Waals surface area contributed by atoms with Crippen LogP contribution in [0.5, 0.6) is 11.8 Å². The van der Waals surface area contributed by atoms with E-state index in [0.29, 0.717) is 46.7 Å². The summed E-state index contributed by atoms with van der Waals surface area (Å²) in [7, 11) is 0. The molecule has 0 bridgehead atoms. The highest BCUT2D eigenvalue weighted by atomic mass is 35.5. The fourth-order valence-electron chi connectivity index (χ4n) is 2.38. The lowest BCUT2D eigenvalue weighted by Crippen LogP contribution is -2.03. The topological polar surface area (TPSA) is 78.9 Å². The molecule has 1 aromatic carbocycles. The van der Waals surface area contributed by atoms with Crippen LogP contribution in [-0.2, 0) is 6.54 Å². The third kappa shape index (κ3) is 3.12. The Labute approximate surface area is 144 Å². The van der Waals surface area contributed by atoms with Gasteiger partial charge in [-0.1, -0.05) is 11.6 Å². The smallest absolute Gasteiger partial charge is 0.304 e. The Hall–Kier alpha value is -2.78. The molecule has 6 nitrogen and oxygen atoms in total. The molecule has 0 amide bonds. The Kier molecular flexibility index (Phi) is 4.54. The highest BCUT2D eigenvalue weighted by Crippen LogP contribution is 2.30. The van der Waals surface area contributed by atoms with Crippen molar-refractivity contribution >= 4 is 28.6 Å². The Morgan fingerprint density at radius 3 is 2.96 bits per heavy atom. The molecule has 0 fully saturated rings. The van der Waals surface area contributed by atoms with Gasteiger partial charge in [0.1, 0.15) is 12.1 Å². The lowest BCUT2D eigenvalue weighted by Gasteiger charge is -2.10. The quantitative estimate of drug-likeness (QED) is 0.567. The van der Waals surface area contributed by atoms with E-state index >= 15 is 0 Å². The third-order valence-electron chi connectivity index (χ3n) is 3.57. The maximum atomic E-state index is 5.99. The van der Waals surface area contributed by atoms with Crippen molar-refractivity contribution in [3.63, 3.8) is 0 Å². The summed E-state index contributed by atoms with van der Waals surface area (Å²) in [5, 5.41) is 0.650. The average molecular weight is 342 g/mol. The molecule has 0 aliphatic heterocycles. The minimum absolute atomic E-state index is 0.313. The number of unbranched alkanes of at least 4 members (excludes halogenated alkanes) is 1. The Balaban J connectivity index is 2.03. The van der Waals surface area contributed by atoms with E-state index in [0.717, 1.165) is 12.0 Å². The van der Waals surface area contributed by atoms with Crippen molar-refractivity contribution < 1.29 is 4.74 Å². The number of aromatic nitrogens is 4. The molecule has 122 valence electrons. The zero-order chi connectivity index (χ0) is 17.1.